The van der Waals surface area contributed by atoms with E-state index in [1.165, 1.54) is 75.8 Å². The molecule has 19 N–H and O–H groups in total. The van der Waals surface area contributed by atoms with Gasteiger partial charge in [0, 0.05) is 102 Å². The van der Waals surface area contributed by atoms with Crippen LogP contribution in [-0.2, 0) is 102 Å². The van der Waals surface area contributed by atoms with Gasteiger partial charge in [-0.3, -0.25) is 71.2 Å². The van der Waals surface area contributed by atoms with Crippen molar-refractivity contribution in [3.05, 3.63) is 152 Å². The first-order valence-corrected chi connectivity index (χ1v) is 51.7. The molecule has 784 valence electrons. The minimum Gasteiger partial charge on any atom is -0.503 e. The Bertz CT molecular complexity index is 6810. The third-order valence-corrected chi connectivity index (χ3v) is 27.2. The van der Waals surface area contributed by atoms with E-state index in [9.17, 15) is 124 Å². The summed E-state index contributed by atoms with van der Waals surface area (Å²) in [6.45, 7) is 19.2. The normalized spacial score (nSPS) is 18.5. The summed E-state index contributed by atoms with van der Waals surface area (Å²) in [6.07, 6.45) is 1.05. The molecule has 4 fully saturated rings. The van der Waals surface area contributed by atoms with Gasteiger partial charge in [-0.25, -0.2) is 15.0 Å². The number of oxime groups is 4. The Hall–Kier alpha value is -13.4. The van der Waals surface area contributed by atoms with E-state index in [4.69, 9.17) is 55.9 Å². The Labute approximate surface area is 839 Å². The van der Waals surface area contributed by atoms with Crippen molar-refractivity contribution >= 4 is 190 Å². The number of pyridine rings is 4. The second-order valence-electron chi connectivity index (χ2n) is 34.4. The molecule has 4 aliphatic heterocycles. The Balaban J connectivity index is 0.000000214. The number of amides is 4. The molecule has 8 atom stereocenters. The molecule has 4 saturated heterocycles. The Kier molecular flexibility index (Phi) is 35.9. The molecular weight excluding hydrogens is 2100 g/mol. The first-order chi connectivity index (χ1) is 66.7. The molecule has 8 aromatic rings. The molecule has 0 aromatic carbocycles. The van der Waals surface area contributed by atoms with Crippen molar-refractivity contribution < 1.29 is 151 Å². The van der Waals surface area contributed by atoms with E-state index in [-0.39, 0.29) is 113 Å². The minimum absolute atomic E-state index is 0.00594. The Morgan fingerprint density at radius 2 is 0.681 bits per heavy atom. The number of aromatic hydroxyl groups is 4. The summed E-state index contributed by atoms with van der Waals surface area (Å²) >= 11 is 6.47. The molecule has 0 radical (unpaired) electrons. The molecule has 0 bridgehead atoms. The molecule has 4 aliphatic rings. The largest absolute Gasteiger partial charge is 0.503 e. The number of Topliss-reactive ketones (excluding diaryl/α,β-unsaturated/α-hetero) is 4. The number of thioether (sulfide) groups is 2. The second kappa shape index (κ2) is 45.3. The average molecular weight is 2190 g/mol. The lowest BCUT2D eigenvalue weighted by Gasteiger charge is -2.52. The maximum atomic E-state index is 13.2. The van der Waals surface area contributed by atoms with Crippen LogP contribution in [0.5, 0.6) is 23.0 Å². The number of nitrogens with zero attached hydrogens (tertiary/aromatic N) is 17. The molecule has 12 heterocycles. The number of rotatable bonds is 40. The number of anilines is 4. The summed E-state index contributed by atoms with van der Waals surface area (Å²) in [5.41, 5.74) is 14.3. The molecule has 1 unspecified atom stereocenters. The van der Waals surface area contributed by atoms with Crippen molar-refractivity contribution in [2.24, 2.45) is 56.1 Å². The van der Waals surface area contributed by atoms with Crippen LogP contribution in [0, 0.1) is 35.5 Å². The van der Waals surface area contributed by atoms with Gasteiger partial charge in [0.25, 0.3) is 17.7 Å². The van der Waals surface area contributed by atoms with Crippen molar-refractivity contribution in [3.63, 3.8) is 0 Å². The third kappa shape index (κ3) is 26.8. The van der Waals surface area contributed by atoms with E-state index < -0.39 is 218 Å². The predicted octanol–water partition coefficient (Wildman–Crippen LogP) is 3.22. The van der Waals surface area contributed by atoms with Gasteiger partial charge in [-0.05, 0) is 79.7 Å². The molecule has 12 rings (SSSR count). The van der Waals surface area contributed by atoms with Gasteiger partial charge in [0.1, 0.15) is 39.9 Å². The van der Waals surface area contributed by atoms with Crippen LogP contribution in [0.25, 0.3) is 0 Å². The summed E-state index contributed by atoms with van der Waals surface area (Å²) < 4.78 is 112. The molecule has 57 nitrogen and oxygen atoms in total. The van der Waals surface area contributed by atoms with Crippen LogP contribution in [-0.4, -0.2) is 266 Å². The standard InChI is InChI=1S/C21H27N5O6S.C19H24N6O10S2.2C19H23N5O10S3/c1-10(2)18(13-7-14(27)16(29)8-26(13)31)32-24-17(12-9-33-20(22)23-12)15(28)6-11-19(30)25(5)21(11,3)4;1-8(2)15(10-6-11(26)13(28)7-24(10)30)34-22-14(16-21-18(20)36-23-16)12(27)5-9-17(29)25(19(9,3)4)35-37(31,32)33;2*1-19(2)9(17(28)24(19)34-37(30,31)32)4-13(26)16(10-7-36-18(20)21-10)22-33-15(8-35-3)11-5-12(25)14(27)6-23(11)29/h7-11,18,29,31H,6H2,1-5H3,(H2,22,23);6-9,15,28,30H,5H2,1-4H3,(H2,20,21,23)(H,31,32,33);2*5-7,9,15,27,29H,4,8H2,1-3H3,(H2,20,21)(H,30,31,32)/b24-17-;22-14+;2*22-16-/t11-,18?;9-,15-;9-,15+;9-,15-/m1111/s1. The molecule has 4 amide bonds. The fourth-order valence-electron chi connectivity index (χ4n) is 14.2. The summed E-state index contributed by atoms with van der Waals surface area (Å²) in [6, 6.07) is 3.87. The fraction of sp³-hybridized carbons (Fsp3) is 0.449. The van der Waals surface area contributed by atoms with Crippen LogP contribution >= 0.6 is 69.1 Å². The number of nitrogens with two attached hydrogens (primary N) is 4. The van der Waals surface area contributed by atoms with E-state index in [1.54, 1.807) is 57.5 Å². The van der Waals surface area contributed by atoms with E-state index >= 15 is 0 Å². The first kappa shape index (κ1) is 114. The van der Waals surface area contributed by atoms with Crippen molar-refractivity contribution in [3.8, 4) is 23.0 Å². The number of carbonyl (C=O) groups is 8. The zero-order valence-corrected chi connectivity index (χ0v) is 85.4. The van der Waals surface area contributed by atoms with Crippen LogP contribution in [0.1, 0.15) is 179 Å². The van der Waals surface area contributed by atoms with Crippen LogP contribution < -0.4 is 44.6 Å². The topological polar surface area (TPSA) is 845 Å². The van der Waals surface area contributed by atoms with Crippen molar-refractivity contribution in [1.82, 2.24) is 63.3 Å². The molecular formula is C78H97N21O36S9. The maximum Gasteiger partial charge on any atom is 0.418 e. The van der Waals surface area contributed by atoms with Gasteiger partial charge in [-0.1, -0.05) is 48.3 Å². The Morgan fingerprint density at radius 1 is 0.417 bits per heavy atom. The highest BCUT2D eigenvalue weighted by molar-refractivity contribution is 7.98. The lowest BCUT2D eigenvalue weighted by Crippen LogP contribution is -2.68. The molecule has 0 spiro atoms. The number of likely N-dealkylation sites (tertiary alicyclic amines) is 1. The maximum absolute atomic E-state index is 13.2. The monoisotopic (exact) mass is 2190 g/mol. The van der Waals surface area contributed by atoms with Crippen molar-refractivity contribution in [1.29, 1.82) is 0 Å². The number of β-lactam (4-membered cyclic amide) rings is 4. The van der Waals surface area contributed by atoms with Crippen LogP contribution in [0.3, 0.4) is 0 Å². The fourth-order valence-corrected chi connectivity index (χ4v) is 18.7. The zero-order chi connectivity index (χ0) is 108. The third-order valence-electron chi connectivity index (χ3n) is 22.3. The van der Waals surface area contributed by atoms with E-state index in [0.29, 0.717) is 34.1 Å². The number of ketones is 4. The van der Waals surface area contributed by atoms with Crippen LogP contribution in [0.2, 0.25) is 0 Å². The van der Waals surface area contributed by atoms with Gasteiger partial charge < -0.3 is 88.4 Å². The number of hydrogen-bond donors (Lipinski definition) is 15. The van der Waals surface area contributed by atoms with Gasteiger partial charge in [0.2, 0.25) is 33.4 Å². The summed E-state index contributed by atoms with van der Waals surface area (Å²) in [4.78, 5) is 190. The van der Waals surface area contributed by atoms with Gasteiger partial charge in [0.15, 0.2) is 114 Å². The highest BCUT2D eigenvalue weighted by atomic mass is 32.3. The first-order valence-electron chi connectivity index (χ1n) is 41.4. The average Bonchev–Trinajstić information content (AvgIpc) is 0.871. The van der Waals surface area contributed by atoms with Gasteiger partial charge in [-0.2, -0.15) is 92.2 Å². The number of nitrogen functional groups attached to an aromatic ring is 4. The van der Waals surface area contributed by atoms with Gasteiger partial charge in [0.05, 0.1) is 65.1 Å². The molecule has 66 heteroatoms. The lowest BCUT2D eigenvalue weighted by atomic mass is 9.73. The Morgan fingerprint density at radius 3 is 0.924 bits per heavy atom. The summed E-state index contributed by atoms with van der Waals surface area (Å²) in [5.74, 6) is -12.3. The highest BCUT2D eigenvalue weighted by Gasteiger charge is 2.61. The van der Waals surface area contributed by atoms with Crippen LogP contribution in [0.4, 0.5) is 20.5 Å². The van der Waals surface area contributed by atoms with E-state index in [2.05, 4.69) is 57.8 Å². The molecule has 8 aromatic heterocycles. The highest BCUT2D eigenvalue weighted by Crippen LogP contribution is 2.45. The van der Waals surface area contributed by atoms with Crippen molar-refractivity contribution in [2.75, 3.05) is 54.0 Å². The molecule has 144 heavy (non-hydrogen) atoms. The zero-order valence-electron chi connectivity index (χ0n) is 78.1. The predicted molar refractivity (Wildman–Crippen MR) is 510 cm³/mol. The van der Waals surface area contributed by atoms with Gasteiger partial charge in [-0.15, -0.1) is 46.9 Å². The molecule has 0 saturated carbocycles. The lowest BCUT2D eigenvalue weighted by molar-refractivity contribution is -0.228. The smallest absolute Gasteiger partial charge is 0.418 e. The number of hydroxylamine groups is 6. The second-order valence-corrected chi connectivity index (χ2v) is 42.7. The quantitative estimate of drug-likeness (QED) is 0.00862. The summed E-state index contributed by atoms with van der Waals surface area (Å²) in [7, 11) is -13.2. The van der Waals surface area contributed by atoms with E-state index in [0.717, 1.165) is 94.6 Å². The van der Waals surface area contributed by atoms with E-state index in [1.807, 2.05) is 13.8 Å². The van der Waals surface area contributed by atoms with Crippen LogP contribution in [0.15, 0.2) is 105 Å². The number of aromatic nitrogens is 9. The number of hydrogen-bond acceptors (Lipinski definition) is 52. The number of thiazole rings is 3. The van der Waals surface area contributed by atoms with Gasteiger partial charge >= 0.3 is 31.2 Å². The number of carbonyl (C=O) groups excluding carboxylic acids is 8. The summed E-state index contributed by atoms with van der Waals surface area (Å²) in [5, 5.41) is 101. The van der Waals surface area contributed by atoms with Crippen molar-refractivity contribution in [2.45, 2.75) is 155 Å². The SMILES string of the molecule is CC(C)C(O/N=C(\C(=O)C[C@@H]1C(=O)N(C)C1(C)C)c1csc(N)n1)c1cc(=O)c(O)cn1O.CC(C)[C@@H](O/N=C(\C(=O)C[C@@H]1C(=O)N(OS(=O)(=O)O)C1(C)C)c1nsc(N)n1)c1cc(=O)c(O)cn1O.CSC[C@@H](O/N=C(\C(=O)C[C@@H]1C(=O)N(OS(=O)(=O)O)C1(C)C)c1csc(N)n1)c1cc(=O)c(O)cn1O.CSC[C@H](O/N=C(\C(=O)C[C@@H]1C(=O)N(OS(=O)(=O)O)C1(C)C)c1csc(N)n1)c1cc(=O)c(O)cn1O. The minimum atomic E-state index is -4.98. The molecule has 0 aliphatic carbocycles.